The Morgan fingerprint density at radius 1 is 0.431 bits per heavy atom. The third-order valence-corrected chi connectivity index (χ3v) is 12.3. The monoisotopic (exact) mass is 818 g/mol. The molecule has 58 heavy (non-hydrogen) atoms. The molecule has 5 nitrogen and oxygen atoms in total. The number of carbonyl (C=O) groups excluding carboxylic acids is 1. The van der Waals surface area contributed by atoms with Crippen molar-refractivity contribution in [3.05, 3.63) is 24.3 Å². The SMILES string of the molecule is CCCCCCCCCCC/C=C\C/C=C\CCCCCCCCCCCCCCCC(=O)NC(CO)C(O)C(O)CCCCCCCCCCCCCCCCC. The molecule has 4 N–H and O–H groups in total. The molecule has 0 aromatic heterocycles. The van der Waals surface area contributed by atoms with E-state index in [4.69, 9.17) is 0 Å². The highest BCUT2D eigenvalue weighted by Gasteiger charge is 2.26. The minimum absolute atomic E-state index is 0.142. The van der Waals surface area contributed by atoms with Gasteiger partial charge >= 0.3 is 0 Å². The van der Waals surface area contributed by atoms with Crippen molar-refractivity contribution in [3.8, 4) is 0 Å². The molecule has 3 unspecified atom stereocenters. The highest BCUT2D eigenvalue weighted by molar-refractivity contribution is 5.76. The van der Waals surface area contributed by atoms with Gasteiger partial charge < -0.3 is 20.6 Å². The molecule has 0 aliphatic heterocycles. The van der Waals surface area contributed by atoms with Gasteiger partial charge in [0, 0.05) is 6.42 Å². The lowest BCUT2D eigenvalue weighted by Gasteiger charge is -2.26. The highest BCUT2D eigenvalue weighted by Crippen LogP contribution is 2.17. The third kappa shape index (κ3) is 42.9. The molecule has 0 spiro atoms. The Labute approximate surface area is 362 Å². The molecule has 0 bridgehead atoms. The van der Waals surface area contributed by atoms with Gasteiger partial charge in [0.1, 0.15) is 6.10 Å². The molecule has 0 aromatic carbocycles. The summed E-state index contributed by atoms with van der Waals surface area (Å²) in [6.45, 7) is 4.20. The van der Waals surface area contributed by atoms with Crippen LogP contribution in [0.3, 0.4) is 0 Å². The zero-order valence-corrected chi connectivity index (χ0v) is 39.2. The number of nitrogens with one attached hydrogen (secondary N) is 1. The van der Waals surface area contributed by atoms with Gasteiger partial charge in [-0.25, -0.2) is 0 Å². The summed E-state index contributed by atoms with van der Waals surface area (Å²) in [5.41, 5.74) is 0. The Balaban J connectivity index is 3.53. The van der Waals surface area contributed by atoms with E-state index >= 15 is 0 Å². The minimum atomic E-state index is -1.13. The number of hydrogen-bond acceptors (Lipinski definition) is 4. The van der Waals surface area contributed by atoms with Crippen molar-refractivity contribution >= 4 is 5.91 Å². The van der Waals surface area contributed by atoms with E-state index in [1.165, 1.54) is 212 Å². The number of aliphatic hydroxyl groups is 3. The topological polar surface area (TPSA) is 89.8 Å². The molecule has 3 atom stereocenters. The summed E-state index contributed by atoms with van der Waals surface area (Å²) in [7, 11) is 0. The summed E-state index contributed by atoms with van der Waals surface area (Å²) in [6.07, 6.45) is 60.3. The number of rotatable bonds is 48. The lowest BCUT2D eigenvalue weighted by Crippen LogP contribution is -2.50. The van der Waals surface area contributed by atoms with Crippen LogP contribution in [0.25, 0.3) is 0 Å². The molecule has 344 valence electrons. The van der Waals surface area contributed by atoms with E-state index < -0.39 is 18.2 Å². The number of carbonyl (C=O) groups is 1. The summed E-state index contributed by atoms with van der Waals surface area (Å²) in [6, 6.07) is -0.808. The fourth-order valence-electron chi connectivity index (χ4n) is 8.25. The van der Waals surface area contributed by atoms with Crippen LogP contribution in [0.2, 0.25) is 0 Å². The Hall–Kier alpha value is -1.17. The van der Waals surface area contributed by atoms with Crippen molar-refractivity contribution in [1.29, 1.82) is 0 Å². The van der Waals surface area contributed by atoms with Crippen molar-refractivity contribution < 1.29 is 20.1 Å². The molecule has 1 amide bonds. The number of aliphatic hydroxyl groups excluding tert-OH is 3. The van der Waals surface area contributed by atoms with Gasteiger partial charge in [0.2, 0.25) is 5.91 Å². The van der Waals surface area contributed by atoms with E-state index in [2.05, 4.69) is 43.5 Å². The van der Waals surface area contributed by atoms with E-state index in [0.717, 1.165) is 44.9 Å². The fraction of sp³-hybridized carbons (Fsp3) is 0.906. The summed E-state index contributed by atoms with van der Waals surface area (Å²) < 4.78 is 0. The normalized spacial score (nSPS) is 13.5. The first kappa shape index (κ1) is 56.8. The first-order valence-corrected chi connectivity index (χ1v) is 26.1. The lowest BCUT2D eigenvalue weighted by molar-refractivity contribution is -0.124. The van der Waals surface area contributed by atoms with Crippen LogP contribution in [-0.2, 0) is 4.79 Å². The maximum absolute atomic E-state index is 12.5. The molecule has 0 aromatic rings. The Bertz CT molecular complexity index is 859. The molecule has 0 aliphatic carbocycles. The van der Waals surface area contributed by atoms with Crippen molar-refractivity contribution in [2.45, 2.75) is 302 Å². The minimum Gasteiger partial charge on any atom is -0.394 e. The van der Waals surface area contributed by atoms with E-state index in [-0.39, 0.29) is 12.5 Å². The highest BCUT2D eigenvalue weighted by atomic mass is 16.3. The molecule has 0 saturated carbocycles. The first-order valence-electron chi connectivity index (χ1n) is 26.1. The van der Waals surface area contributed by atoms with E-state index in [1.807, 2.05) is 0 Å². The van der Waals surface area contributed by atoms with Crippen molar-refractivity contribution in [1.82, 2.24) is 5.32 Å². The average Bonchev–Trinajstić information content (AvgIpc) is 3.23. The average molecular weight is 818 g/mol. The summed E-state index contributed by atoms with van der Waals surface area (Å²) >= 11 is 0. The van der Waals surface area contributed by atoms with Crippen LogP contribution >= 0.6 is 0 Å². The Morgan fingerprint density at radius 2 is 0.741 bits per heavy atom. The molecule has 5 heteroatoms. The second kappa shape index (κ2) is 48.5. The van der Waals surface area contributed by atoms with Gasteiger partial charge in [-0.3, -0.25) is 4.79 Å². The molecule has 0 fully saturated rings. The van der Waals surface area contributed by atoms with Crippen LogP contribution in [0.1, 0.15) is 284 Å². The summed E-state index contributed by atoms with van der Waals surface area (Å²) in [4.78, 5) is 12.5. The maximum atomic E-state index is 12.5. The maximum Gasteiger partial charge on any atom is 0.220 e. The van der Waals surface area contributed by atoms with E-state index in [0.29, 0.717) is 12.8 Å². The van der Waals surface area contributed by atoms with Gasteiger partial charge in [0.05, 0.1) is 18.8 Å². The zero-order chi connectivity index (χ0) is 42.3. The second-order valence-electron chi connectivity index (χ2n) is 18.1. The quantitative estimate of drug-likeness (QED) is 0.0364. The van der Waals surface area contributed by atoms with E-state index in [9.17, 15) is 20.1 Å². The molecular weight excluding hydrogens is 715 g/mol. The van der Waals surface area contributed by atoms with Crippen molar-refractivity contribution in [3.63, 3.8) is 0 Å². The van der Waals surface area contributed by atoms with Gasteiger partial charge in [-0.1, -0.05) is 256 Å². The van der Waals surface area contributed by atoms with Gasteiger partial charge in [-0.15, -0.1) is 0 Å². The number of amides is 1. The Morgan fingerprint density at radius 3 is 1.09 bits per heavy atom. The van der Waals surface area contributed by atoms with Crippen LogP contribution in [0.4, 0.5) is 0 Å². The van der Waals surface area contributed by atoms with Crippen LogP contribution in [0.5, 0.6) is 0 Å². The molecular formula is C53H103NO4. The zero-order valence-electron chi connectivity index (χ0n) is 39.2. The van der Waals surface area contributed by atoms with Gasteiger partial charge in [0.15, 0.2) is 0 Å². The molecule has 0 radical (unpaired) electrons. The van der Waals surface area contributed by atoms with Gasteiger partial charge in [-0.05, 0) is 44.9 Å². The fourth-order valence-corrected chi connectivity index (χ4v) is 8.25. The smallest absolute Gasteiger partial charge is 0.220 e. The predicted octanol–water partition coefficient (Wildman–Crippen LogP) is 15.7. The number of hydrogen-bond donors (Lipinski definition) is 4. The van der Waals surface area contributed by atoms with Crippen molar-refractivity contribution in [2.75, 3.05) is 6.61 Å². The van der Waals surface area contributed by atoms with Gasteiger partial charge in [0.25, 0.3) is 0 Å². The Kier molecular flexibility index (Phi) is 47.5. The second-order valence-corrected chi connectivity index (χ2v) is 18.1. The lowest BCUT2D eigenvalue weighted by atomic mass is 9.99. The van der Waals surface area contributed by atoms with Crippen LogP contribution < -0.4 is 5.32 Å². The number of allylic oxidation sites excluding steroid dienone is 4. The molecule has 0 rings (SSSR count). The molecule has 0 heterocycles. The number of unbranched alkanes of at least 4 members (excludes halogenated alkanes) is 36. The predicted molar refractivity (Wildman–Crippen MR) is 255 cm³/mol. The van der Waals surface area contributed by atoms with Crippen LogP contribution in [0, 0.1) is 0 Å². The largest absolute Gasteiger partial charge is 0.394 e. The van der Waals surface area contributed by atoms with Crippen molar-refractivity contribution in [2.24, 2.45) is 0 Å². The van der Waals surface area contributed by atoms with E-state index in [1.54, 1.807) is 0 Å². The molecule has 0 saturated heterocycles. The van der Waals surface area contributed by atoms with Crippen LogP contribution in [0.15, 0.2) is 24.3 Å². The van der Waals surface area contributed by atoms with Crippen LogP contribution in [-0.4, -0.2) is 46.1 Å². The third-order valence-electron chi connectivity index (χ3n) is 12.3. The summed E-state index contributed by atoms with van der Waals surface area (Å²) in [5.74, 6) is -0.142. The standard InChI is InChI=1S/C53H103NO4/c1-3-5-7-9-11-13-15-17-19-20-21-22-23-24-25-26-27-28-29-30-31-32-34-36-38-40-42-44-46-48-52(57)54-50(49-55)53(58)51(56)47-45-43-41-39-37-35-33-18-16-14-12-10-8-6-4-2/h21-22,24-25,50-51,53,55-56,58H,3-20,23,26-49H2,1-2H3,(H,54,57)/b22-21-,25-24-. The van der Waals surface area contributed by atoms with Gasteiger partial charge in [-0.2, -0.15) is 0 Å². The first-order chi connectivity index (χ1) is 28.6. The molecule has 0 aliphatic rings. The summed E-state index contributed by atoms with van der Waals surface area (Å²) in [5, 5.41) is 33.7.